The first-order chi connectivity index (χ1) is 37.0. The number of carbonyl (C=O) groups is 6. The number of hydrogen-bond donors (Lipinski definition) is 3. The minimum Gasteiger partial charge on any atom is -0.351 e. The van der Waals surface area contributed by atoms with Gasteiger partial charge in [0.05, 0.1) is 11.8 Å². The second kappa shape index (κ2) is 22.6. The molecule has 6 amide bonds. The fraction of sp³-hybridized carbons (Fsp3) is 0.508. The van der Waals surface area contributed by atoms with Gasteiger partial charge >= 0.3 is 0 Å². The molecule has 3 N–H and O–H groups in total. The molecule has 8 atom stereocenters. The first-order valence-electron chi connectivity index (χ1n) is 28.0. The first kappa shape index (κ1) is 52.8. The molecule has 0 bridgehead atoms. The summed E-state index contributed by atoms with van der Waals surface area (Å²) in [5.41, 5.74) is -0.262. The Balaban J connectivity index is 0.923. The van der Waals surface area contributed by atoms with Gasteiger partial charge in [0.15, 0.2) is 5.54 Å². The summed E-state index contributed by atoms with van der Waals surface area (Å²) >= 11 is 4.97. The lowest BCUT2D eigenvalue weighted by atomic mass is 9.82. The highest BCUT2D eigenvalue weighted by Gasteiger charge is 2.59. The van der Waals surface area contributed by atoms with Crippen LogP contribution in [0.25, 0.3) is 0 Å². The van der Waals surface area contributed by atoms with Gasteiger partial charge in [-0.05, 0) is 125 Å². The summed E-state index contributed by atoms with van der Waals surface area (Å²) in [4.78, 5) is 96.3. The Morgan fingerprint density at radius 2 is 1.16 bits per heavy atom. The Morgan fingerprint density at radius 1 is 0.566 bits per heavy atom. The Labute approximate surface area is 460 Å². The molecule has 7 fully saturated rings. The van der Waals surface area contributed by atoms with Crippen LogP contribution >= 0.6 is 35.3 Å². The molecule has 3 saturated heterocycles. The van der Waals surface area contributed by atoms with E-state index in [1.54, 1.807) is 45.1 Å². The lowest BCUT2D eigenvalue weighted by Crippen LogP contribution is -2.64. The molecule has 0 radical (unpaired) electrons. The number of carbonyl (C=O) groups excluding carboxylic acids is 6. The highest BCUT2D eigenvalue weighted by atomic mass is 32.2. The average molecular weight is 1080 g/mol. The second-order valence-corrected chi connectivity index (χ2v) is 26.0. The number of anilines is 3. The zero-order chi connectivity index (χ0) is 52.4. The van der Waals surface area contributed by atoms with Crippen LogP contribution < -0.4 is 30.7 Å². The Morgan fingerprint density at radius 3 is 1.82 bits per heavy atom. The fourth-order valence-electron chi connectivity index (χ4n) is 13.9. The molecule has 12 nitrogen and oxygen atoms in total. The van der Waals surface area contributed by atoms with E-state index < -0.39 is 28.5 Å². The van der Waals surface area contributed by atoms with Gasteiger partial charge in [-0.25, -0.2) is 0 Å². The third-order valence-corrected chi connectivity index (χ3v) is 21.9. The molecular formula is C61H72N6O6S3. The van der Waals surface area contributed by atoms with Crippen LogP contribution in [-0.2, 0) is 34.3 Å². The molecular weight excluding hydrogens is 1010 g/mol. The van der Waals surface area contributed by atoms with Crippen LogP contribution in [0.1, 0.15) is 120 Å². The molecule has 4 aromatic rings. The molecule has 8 unspecified atom stereocenters. The normalized spacial score (nSPS) is 30.6. The smallest absolute Gasteiger partial charge is 0.252 e. The molecule has 15 heteroatoms. The molecule has 11 rings (SSSR count). The summed E-state index contributed by atoms with van der Waals surface area (Å²) in [7, 11) is 0. The van der Waals surface area contributed by atoms with E-state index in [1.165, 1.54) is 0 Å². The van der Waals surface area contributed by atoms with Crippen LogP contribution in [0.15, 0.2) is 115 Å². The predicted octanol–water partition coefficient (Wildman–Crippen LogP) is 9.76. The molecule has 76 heavy (non-hydrogen) atoms. The van der Waals surface area contributed by atoms with Gasteiger partial charge < -0.3 is 16.0 Å². The van der Waals surface area contributed by atoms with E-state index in [2.05, 4.69) is 16.0 Å². The van der Waals surface area contributed by atoms with Crippen molar-refractivity contribution >= 4 is 87.8 Å². The topological polar surface area (TPSA) is 148 Å². The van der Waals surface area contributed by atoms with Crippen molar-refractivity contribution < 1.29 is 28.8 Å². The quantitative estimate of drug-likeness (QED) is 0.126. The van der Waals surface area contributed by atoms with E-state index in [0.29, 0.717) is 65.6 Å². The summed E-state index contributed by atoms with van der Waals surface area (Å²) in [5.74, 6) is 0.288. The average Bonchev–Trinajstić information content (AvgIpc) is 4.28. The lowest BCUT2D eigenvalue weighted by Gasteiger charge is -2.43. The molecule has 4 saturated carbocycles. The van der Waals surface area contributed by atoms with Crippen molar-refractivity contribution in [2.75, 3.05) is 43.5 Å². The Bertz CT molecular complexity index is 2780. The van der Waals surface area contributed by atoms with Crippen LogP contribution in [0.4, 0.5) is 17.1 Å². The van der Waals surface area contributed by atoms with Crippen molar-refractivity contribution in [1.29, 1.82) is 0 Å². The van der Waals surface area contributed by atoms with Crippen molar-refractivity contribution in [3.63, 3.8) is 0 Å². The second-order valence-electron chi connectivity index (χ2n) is 22.6. The van der Waals surface area contributed by atoms with Gasteiger partial charge in [0.2, 0.25) is 29.5 Å². The molecule has 3 aliphatic heterocycles. The van der Waals surface area contributed by atoms with Gasteiger partial charge in [-0.15, -0.1) is 0 Å². The molecule has 4 aromatic carbocycles. The van der Waals surface area contributed by atoms with Gasteiger partial charge in [0, 0.05) is 75.6 Å². The third kappa shape index (κ3) is 9.88. The highest BCUT2D eigenvalue weighted by Crippen LogP contribution is 2.50. The highest BCUT2D eigenvalue weighted by molar-refractivity contribution is 8.00. The lowest BCUT2D eigenvalue weighted by molar-refractivity contribution is -0.132. The van der Waals surface area contributed by atoms with Crippen LogP contribution in [0.5, 0.6) is 0 Å². The van der Waals surface area contributed by atoms with Crippen molar-refractivity contribution in [2.45, 2.75) is 149 Å². The van der Waals surface area contributed by atoms with Gasteiger partial charge in [-0.3, -0.25) is 43.5 Å². The van der Waals surface area contributed by atoms with E-state index in [1.807, 2.05) is 127 Å². The largest absolute Gasteiger partial charge is 0.351 e. The zero-order valence-corrected chi connectivity index (χ0v) is 46.1. The third-order valence-electron chi connectivity index (χ3n) is 17.9. The van der Waals surface area contributed by atoms with E-state index in [9.17, 15) is 9.59 Å². The summed E-state index contributed by atoms with van der Waals surface area (Å²) in [5, 5.41) is 10.3. The minimum absolute atomic E-state index is 0.0205. The van der Waals surface area contributed by atoms with Gasteiger partial charge in [-0.2, -0.15) is 35.3 Å². The number of hydrogen-bond acceptors (Lipinski definition) is 9. The molecule has 4 aliphatic carbocycles. The molecule has 0 spiro atoms. The van der Waals surface area contributed by atoms with E-state index in [-0.39, 0.29) is 70.5 Å². The first-order valence-corrected chi connectivity index (χ1v) is 31.3. The zero-order valence-electron chi connectivity index (χ0n) is 43.7. The fourth-order valence-corrected chi connectivity index (χ4v) is 18.3. The molecule has 400 valence electrons. The SMILES string of the molecule is CC1(C(=O)NC2CCCC2)CSCC(c2cccc(C3(C(=O)NC4CCCC4)CSCC(C4CCC(NC(=O)C56CCCC5SCCC(=O)N6c5ccccc5)C4)C(=O)N3c3ccccc3)c2)C(=O)N1c1ccccc1. The van der Waals surface area contributed by atoms with Crippen LogP contribution in [0, 0.1) is 11.8 Å². The maximum Gasteiger partial charge on any atom is 0.252 e. The van der Waals surface area contributed by atoms with Crippen LogP contribution in [-0.4, -0.2) is 98.7 Å². The molecule has 0 aromatic heterocycles. The summed E-state index contributed by atoms with van der Waals surface area (Å²) in [6.07, 6.45) is 12.5. The van der Waals surface area contributed by atoms with Gasteiger partial charge in [0.1, 0.15) is 11.1 Å². The summed E-state index contributed by atoms with van der Waals surface area (Å²) in [6, 6.07) is 36.5. The monoisotopic (exact) mass is 1080 g/mol. The number of rotatable bonds is 12. The molecule has 7 aliphatic rings. The van der Waals surface area contributed by atoms with Crippen molar-refractivity contribution in [1.82, 2.24) is 16.0 Å². The van der Waals surface area contributed by atoms with Crippen LogP contribution in [0.2, 0.25) is 0 Å². The van der Waals surface area contributed by atoms with Crippen LogP contribution in [0.3, 0.4) is 0 Å². The number of nitrogens with zero attached hydrogens (tertiary/aromatic N) is 3. The Kier molecular flexibility index (Phi) is 15.7. The number of fused-ring (bicyclic) bond motifs is 1. The van der Waals surface area contributed by atoms with E-state index in [4.69, 9.17) is 0 Å². The van der Waals surface area contributed by atoms with E-state index >= 15 is 19.2 Å². The standard InChI is InChI=1S/C61H72N6O6S3/c1-59(56(71)62-44-19-11-12-20-44)39-74-37-50(54(69)66(59)48-25-7-3-8-26-48)41-17-15-18-43(35-41)61(58(73)63-45-21-13-14-22-45)40-75-38-51(55(70)67(61)49-27-9-4-10-28-49)42-30-31-46(36-42)64-57(72)60-33-16-29-52(60)76-34-32-53(68)65(60)47-23-5-2-6-24-47/h2-10,15,17-18,23-28,35,42,44-46,50-52H,11-14,16,19-22,29-34,36-40H2,1H3,(H,62,71)(H,63,73)(H,64,72). The summed E-state index contributed by atoms with van der Waals surface area (Å²) < 4.78 is 0. The van der Waals surface area contributed by atoms with Gasteiger partial charge in [0.25, 0.3) is 5.91 Å². The minimum atomic E-state index is -1.50. The van der Waals surface area contributed by atoms with E-state index in [0.717, 1.165) is 81.9 Å². The number of benzene rings is 4. The summed E-state index contributed by atoms with van der Waals surface area (Å²) in [6.45, 7) is 1.89. The number of nitrogens with one attached hydrogen (secondary N) is 3. The molecule has 3 heterocycles. The van der Waals surface area contributed by atoms with Gasteiger partial charge in [-0.1, -0.05) is 105 Å². The maximum absolute atomic E-state index is 16.1. The Hall–Kier alpha value is -5.25. The predicted molar refractivity (Wildman–Crippen MR) is 307 cm³/mol. The number of amides is 6. The number of thioether (sulfide) groups is 3. The van der Waals surface area contributed by atoms with Crippen molar-refractivity contribution in [3.8, 4) is 0 Å². The van der Waals surface area contributed by atoms with Crippen molar-refractivity contribution in [3.05, 3.63) is 126 Å². The van der Waals surface area contributed by atoms with Crippen molar-refractivity contribution in [2.24, 2.45) is 11.8 Å². The maximum atomic E-state index is 16.1. The number of para-hydroxylation sites is 3.